The average Bonchev–Trinajstić information content (AvgIpc) is 3.45. The van der Waals surface area contributed by atoms with Crippen LogP contribution in [0, 0.1) is 0 Å². The number of carbonyl (C=O) groups is 1. The molecule has 156 valence electrons. The van der Waals surface area contributed by atoms with Gasteiger partial charge in [0, 0.05) is 6.61 Å². The Kier molecular flexibility index (Phi) is 6.76. The van der Waals surface area contributed by atoms with Crippen molar-refractivity contribution in [3.05, 3.63) is 60.2 Å². The molecule has 4 rings (SSSR count). The SMILES string of the molecule is C[C@@H](NC(=O)CSc1nnnn1C[C@H]1CCCO1)c1ccc(-c2ccccc2)cc1. The van der Waals surface area contributed by atoms with E-state index in [1.165, 1.54) is 17.3 Å². The van der Waals surface area contributed by atoms with Gasteiger partial charge in [-0.2, -0.15) is 0 Å². The third-order valence-electron chi connectivity index (χ3n) is 5.13. The Morgan fingerprint density at radius 2 is 1.97 bits per heavy atom. The maximum atomic E-state index is 12.4. The van der Waals surface area contributed by atoms with Crippen LogP contribution in [-0.4, -0.2) is 44.6 Å². The topological polar surface area (TPSA) is 81.9 Å². The number of nitrogens with zero attached hydrogens (tertiary/aromatic N) is 4. The van der Waals surface area contributed by atoms with Crippen molar-refractivity contribution in [2.75, 3.05) is 12.4 Å². The lowest BCUT2D eigenvalue weighted by molar-refractivity contribution is -0.119. The predicted octanol–water partition coefficient (Wildman–Crippen LogP) is 3.49. The lowest BCUT2D eigenvalue weighted by Crippen LogP contribution is -2.28. The maximum Gasteiger partial charge on any atom is 0.230 e. The zero-order chi connectivity index (χ0) is 20.8. The highest BCUT2D eigenvalue weighted by atomic mass is 32.2. The average molecular weight is 424 g/mol. The van der Waals surface area contributed by atoms with Gasteiger partial charge in [-0.15, -0.1) is 5.10 Å². The first-order valence-electron chi connectivity index (χ1n) is 10.1. The third-order valence-corrected chi connectivity index (χ3v) is 6.08. The molecule has 1 saturated heterocycles. The van der Waals surface area contributed by atoms with Crippen LogP contribution in [0.25, 0.3) is 11.1 Å². The summed E-state index contributed by atoms with van der Waals surface area (Å²) < 4.78 is 7.36. The number of ether oxygens (including phenoxy) is 1. The van der Waals surface area contributed by atoms with E-state index in [9.17, 15) is 4.79 Å². The number of carbonyl (C=O) groups excluding carboxylic acids is 1. The summed E-state index contributed by atoms with van der Waals surface area (Å²) in [5, 5.41) is 15.5. The highest BCUT2D eigenvalue weighted by Crippen LogP contribution is 2.22. The van der Waals surface area contributed by atoms with E-state index in [4.69, 9.17) is 4.74 Å². The first kappa shape index (κ1) is 20.6. The lowest BCUT2D eigenvalue weighted by atomic mass is 10.0. The number of hydrogen-bond acceptors (Lipinski definition) is 6. The fourth-order valence-electron chi connectivity index (χ4n) is 3.49. The molecule has 1 N–H and O–H groups in total. The smallest absolute Gasteiger partial charge is 0.230 e. The normalized spacial score (nSPS) is 17.0. The minimum absolute atomic E-state index is 0.0497. The Morgan fingerprint density at radius 1 is 1.20 bits per heavy atom. The van der Waals surface area contributed by atoms with E-state index in [1.807, 2.05) is 25.1 Å². The van der Waals surface area contributed by atoms with E-state index in [-0.39, 0.29) is 23.8 Å². The summed E-state index contributed by atoms with van der Waals surface area (Å²) in [6.07, 6.45) is 2.24. The molecule has 2 atom stereocenters. The minimum Gasteiger partial charge on any atom is -0.376 e. The van der Waals surface area contributed by atoms with E-state index in [0.717, 1.165) is 30.6 Å². The lowest BCUT2D eigenvalue weighted by Gasteiger charge is -2.15. The van der Waals surface area contributed by atoms with Gasteiger partial charge in [-0.05, 0) is 46.9 Å². The standard InChI is InChI=1S/C22H25N5O2S/c1-16(17-9-11-19(12-10-17)18-6-3-2-4-7-18)23-21(28)15-30-22-24-25-26-27(22)14-20-8-5-13-29-20/h2-4,6-7,9-12,16,20H,5,8,13-15H2,1H3,(H,23,28)/t16-,20-/m1/s1. The summed E-state index contributed by atoms with van der Waals surface area (Å²) >= 11 is 1.34. The second-order valence-corrected chi connectivity index (χ2v) is 8.29. The number of thioether (sulfide) groups is 1. The molecule has 1 aliphatic heterocycles. The molecule has 1 fully saturated rings. The van der Waals surface area contributed by atoms with Gasteiger partial charge in [0.1, 0.15) is 0 Å². The zero-order valence-electron chi connectivity index (χ0n) is 16.9. The van der Waals surface area contributed by atoms with E-state index < -0.39 is 0 Å². The molecular formula is C22H25N5O2S. The number of amides is 1. The fraction of sp³-hybridized carbons (Fsp3) is 0.364. The third kappa shape index (κ3) is 5.25. The quantitative estimate of drug-likeness (QED) is 0.559. The van der Waals surface area contributed by atoms with Crippen LogP contribution in [0.15, 0.2) is 59.8 Å². The van der Waals surface area contributed by atoms with Gasteiger partial charge in [0.15, 0.2) is 0 Å². The van der Waals surface area contributed by atoms with Gasteiger partial charge in [-0.1, -0.05) is 66.4 Å². The number of aromatic nitrogens is 4. The second-order valence-electron chi connectivity index (χ2n) is 7.34. The fourth-order valence-corrected chi connectivity index (χ4v) is 4.18. The molecule has 0 radical (unpaired) electrons. The Labute approximate surface area is 180 Å². The highest BCUT2D eigenvalue weighted by Gasteiger charge is 2.19. The highest BCUT2D eigenvalue weighted by molar-refractivity contribution is 7.99. The molecule has 0 spiro atoms. The van der Waals surface area contributed by atoms with E-state index in [1.54, 1.807) is 4.68 Å². The Morgan fingerprint density at radius 3 is 2.70 bits per heavy atom. The summed E-state index contributed by atoms with van der Waals surface area (Å²) in [6, 6.07) is 18.4. The van der Waals surface area contributed by atoms with Gasteiger partial charge >= 0.3 is 0 Å². The van der Waals surface area contributed by atoms with Gasteiger partial charge in [-0.25, -0.2) is 4.68 Å². The van der Waals surface area contributed by atoms with Crippen LogP contribution < -0.4 is 5.32 Å². The molecule has 0 saturated carbocycles. The van der Waals surface area contributed by atoms with Gasteiger partial charge in [0.05, 0.1) is 24.4 Å². The molecule has 1 amide bonds. The van der Waals surface area contributed by atoms with Crippen molar-refractivity contribution in [1.29, 1.82) is 0 Å². The van der Waals surface area contributed by atoms with Crippen LogP contribution in [0.1, 0.15) is 31.4 Å². The van der Waals surface area contributed by atoms with E-state index in [2.05, 4.69) is 57.2 Å². The molecule has 1 aromatic heterocycles. The number of nitrogens with one attached hydrogen (secondary N) is 1. The van der Waals surface area contributed by atoms with Gasteiger partial charge in [0.2, 0.25) is 11.1 Å². The van der Waals surface area contributed by atoms with Crippen LogP contribution in [0.3, 0.4) is 0 Å². The number of tetrazole rings is 1. The van der Waals surface area contributed by atoms with Crippen molar-refractivity contribution >= 4 is 17.7 Å². The predicted molar refractivity (Wildman–Crippen MR) is 116 cm³/mol. The summed E-state index contributed by atoms with van der Waals surface area (Å²) in [5.41, 5.74) is 3.40. The zero-order valence-corrected chi connectivity index (χ0v) is 17.7. The van der Waals surface area contributed by atoms with Gasteiger partial charge in [0.25, 0.3) is 0 Å². The van der Waals surface area contributed by atoms with Crippen molar-refractivity contribution in [1.82, 2.24) is 25.5 Å². The Balaban J connectivity index is 1.28. The molecule has 3 aromatic rings. The minimum atomic E-state index is -0.0780. The molecule has 1 aliphatic rings. The monoisotopic (exact) mass is 423 g/mol. The Bertz CT molecular complexity index is 955. The summed E-state index contributed by atoms with van der Waals surface area (Å²) in [4.78, 5) is 12.4. The molecule has 7 nitrogen and oxygen atoms in total. The van der Waals surface area contributed by atoms with E-state index in [0.29, 0.717) is 11.7 Å². The summed E-state index contributed by atoms with van der Waals surface area (Å²) in [5.74, 6) is 0.213. The number of rotatable bonds is 8. The maximum absolute atomic E-state index is 12.4. The second kappa shape index (κ2) is 9.86. The molecule has 0 aliphatic carbocycles. The van der Waals surface area contributed by atoms with Crippen molar-refractivity contribution in [2.24, 2.45) is 0 Å². The van der Waals surface area contributed by atoms with Crippen molar-refractivity contribution in [2.45, 2.75) is 43.6 Å². The van der Waals surface area contributed by atoms with Crippen LogP contribution in [0.4, 0.5) is 0 Å². The molecular weight excluding hydrogens is 398 g/mol. The molecule has 8 heteroatoms. The van der Waals surface area contributed by atoms with Crippen molar-refractivity contribution in [3.63, 3.8) is 0 Å². The van der Waals surface area contributed by atoms with Gasteiger partial charge < -0.3 is 10.1 Å². The Hall–Kier alpha value is -2.71. The number of hydrogen-bond donors (Lipinski definition) is 1. The molecule has 2 heterocycles. The van der Waals surface area contributed by atoms with Crippen molar-refractivity contribution < 1.29 is 9.53 Å². The molecule has 0 bridgehead atoms. The summed E-state index contributed by atoms with van der Waals surface area (Å²) in [6.45, 7) is 3.41. The van der Waals surface area contributed by atoms with Crippen LogP contribution in [0.2, 0.25) is 0 Å². The molecule has 30 heavy (non-hydrogen) atoms. The van der Waals surface area contributed by atoms with Crippen molar-refractivity contribution in [3.8, 4) is 11.1 Å². The molecule has 0 unspecified atom stereocenters. The first-order valence-corrected chi connectivity index (χ1v) is 11.1. The van der Waals surface area contributed by atoms with E-state index >= 15 is 0 Å². The molecule has 2 aromatic carbocycles. The summed E-state index contributed by atoms with van der Waals surface area (Å²) in [7, 11) is 0. The van der Waals surface area contributed by atoms with Gasteiger partial charge in [-0.3, -0.25) is 4.79 Å². The van der Waals surface area contributed by atoms with Crippen LogP contribution in [-0.2, 0) is 16.1 Å². The van der Waals surface area contributed by atoms with Crippen LogP contribution in [0.5, 0.6) is 0 Å². The largest absolute Gasteiger partial charge is 0.376 e. The number of benzene rings is 2. The first-order chi connectivity index (χ1) is 14.7. The van der Waals surface area contributed by atoms with Crippen LogP contribution >= 0.6 is 11.8 Å².